The Morgan fingerprint density at radius 3 is 2.60 bits per heavy atom. The first-order valence-corrected chi connectivity index (χ1v) is 6.00. The van der Waals surface area contributed by atoms with Crippen molar-refractivity contribution in [2.75, 3.05) is 0 Å². The van der Waals surface area contributed by atoms with E-state index in [9.17, 15) is 0 Å². The van der Waals surface area contributed by atoms with Crippen LogP contribution in [0.3, 0.4) is 0 Å². The van der Waals surface area contributed by atoms with Gasteiger partial charge in [0.15, 0.2) is 0 Å². The van der Waals surface area contributed by atoms with Gasteiger partial charge in [-0.2, -0.15) is 0 Å². The molecule has 0 saturated heterocycles. The van der Waals surface area contributed by atoms with Gasteiger partial charge < -0.3 is 4.74 Å². The number of rotatable bonds is 4. The van der Waals surface area contributed by atoms with E-state index < -0.39 is 0 Å². The van der Waals surface area contributed by atoms with Crippen LogP contribution in [-0.2, 0) is 6.42 Å². The standard InChI is InChI=1S/C14H20O/c1-4-11-5-8-14(15-12-6-7-12)13(9-11)10(2)3/h5,8-10,12H,4,6-7H2,1-3H3. The third kappa shape index (κ3) is 2.53. The summed E-state index contributed by atoms with van der Waals surface area (Å²) in [6, 6.07) is 6.62. The van der Waals surface area contributed by atoms with Crippen molar-refractivity contribution in [1.29, 1.82) is 0 Å². The summed E-state index contributed by atoms with van der Waals surface area (Å²) in [4.78, 5) is 0. The summed E-state index contributed by atoms with van der Waals surface area (Å²) < 4.78 is 5.92. The van der Waals surface area contributed by atoms with Crippen LogP contribution in [0.1, 0.15) is 50.7 Å². The van der Waals surface area contributed by atoms with E-state index in [0.717, 1.165) is 12.2 Å². The van der Waals surface area contributed by atoms with E-state index in [2.05, 4.69) is 39.0 Å². The molecule has 1 heteroatoms. The zero-order valence-electron chi connectivity index (χ0n) is 9.92. The Balaban J connectivity index is 2.25. The lowest BCUT2D eigenvalue weighted by molar-refractivity contribution is 0.299. The SMILES string of the molecule is CCc1ccc(OC2CC2)c(C(C)C)c1. The molecule has 0 N–H and O–H groups in total. The number of hydrogen-bond acceptors (Lipinski definition) is 1. The summed E-state index contributed by atoms with van der Waals surface area (Å²) in [5.74, 6) is 1.65. The summed E-state index contributed by atoms with van der Waals surface area (Å²) in [6.45, 7) is 6.66. The molecule has 0 radical (unpaired) electrons. The van der Waals surface area contributed by atoms with Crippen LogP contribution in [0.2, 0.25) is 0 Å². The van der Waals surface area contributed by atoms with Gasteiger partial charge in [-0.05, 0) is 42.4 Å². The second-order valence-electron chi connectivity index (χ2n) is 4.70. The molecule has 0 amide bonds. The molecule has 0 aromatic heterocycles. The number of ether oxygens (including phenoxy) is 1. The average Bonchev–Trinajstić information content (AvgIpc) is 3.02. The topological polar surface area (TPSA) is 9.23 Å². The van der Waals surface area contributed by atoms with Crippen molar-refractivity contribution < 1.29 is 4.74 Å². The van der Waals surface area contributed by atoms with Crippen LogP contribution in [0.5, 0.6) is 5.75 Å². The fraction of sp³-hybridized carbons (Fsp3) is 0.571. The van der Waals surface area contributed by atoms with Crippen molar-refractivity contribution in [3.05, 3.63) is 29.3 Å². The molecule has 0 bridgehead atoms. The first-order chi connectivity index (χ1) is 7.20. The van der Waals surface area contributed by atoms with Crippen molar-refractivity contribution in [2.45, 2.75) is 52.1 Å². The molecule has 0 heterocycles. The lowest BCUT2D eigenvalue weighted by Crippen LogP contribution is -2.01. The molecule has 1 aliphatic carbocycles. The van der Waals surface area contributed by atoms with Crippen LogP contribution in [-0.4, -0.2) is 6.10 Å². The van der Waals surface area contributed by atoms with Gasteiger partial charge in [-0.3, -0.25) is 0 Å². The lowest BCUT2D eigenvalue weighted by atomic mass is 9.99. The van der Waals surface area contributed by atoms with Crippen molar-refractivity contribution >= 4 is 0 Å². The van der Waals surface area contributed by atoms with E-state index in [1.807, 2.05) is 0 Å². The molecule has 1 aromatic rings. The summed E-state index contributed by atoms with van der Waals surface area (Å²) in [6.07, 6.45) is 4.05. The Kier molecular flexibility index (Phi) is 2.99. The third-order valence-electron chi connectivity index (χ3n) is 2.92. The molecule has 2 rings (SSSR count). The predicted octanol–water partition coefficient (Wildman–Crippen LogP) is 3.91. The minimum atomic E-state index is 0.495. The fourth-order valence-electron chi connectivity index (χ4n) is 1.74. The molecule has 0 spiro atoms. The van der Waals surface area contributed by atoms with Gasteiger partial charge in [-0.1, -0.05) is 32.9 Å². The molecule has 1 nitrogen and oxygen atoms in total. The molecular formula is C14H20O. The molecule has 82 valence electrons. The largest absolute Gasteiger partial charge is 0.490 e. The van der Waals surface area contributed by atoms with Gasteiger partial charge in [0.1, 0.15) is 5.75 Å². The van der Waals surface area contributed by atoms with Gasteiger partial charge in [0.25, 0.3) is 0 Å². The van der Waals surface area contributed by atoms with Crippen LogP contribution in [0.4, 0.5) is 0 Å². The highest BCUT2D eigenvalue weighted by Gasteiger charge is 2.24. The molecular weight excluding hydrogens is 184 g/mol. The van der Waals surface area contributed by atoms with Crippen molar-refractivity contribution in [2.24, 2.45) is 0 Å². The van der Waals surface area contributed by atoms with Gasteiger partial charge >= 0.3 is 0 Å². The Morgan fingerprint density at radius 1 is 1.33 bits per heavy atom. The minimum Gasteiger partial charge on any atom is -0.490 e. The van der Waals surface area contributed by atoms with Gasteiger partial charge in [0.05, 0.1) is 6.10 Å². The maximum absolute atomic E-state index is 5.92. The van der Waals surface area contributed by atoms with Crippen molar-refractivity contribution in [3.8, 4) is 5.75 Å². The molecule has 0 atom stereocenters. The zero-order valence-corrected chi connectivity index (χ0v) is 9.92. The van der Waals surface area contributed by atoms with E-state index in [1.165, 1.54) is 24.0 Å². The Hall–Kier alpha value is -0.980. The summed E-state index contributed by atoms with van der Waals surface area (Å²) in [7, 11) is 0. The van der Waals surface area contributed by atoms with E-state index in [4.69, 9.17) is 4.74 Å². The summed E-state index contributed by atoms with van der Waals surface area (Å²) in [5, 5.41) is 0. The van der Waals surface area contributed by atoms with Gasteiger partial charge in [0, 0.05) is 0 Å². The first kappa shape index (κ1) is 10.5. The molecule has 1 aliphatic rings. The fourth-order valence-corrected chi connectivity index (χ4v) is 1.74. The highest BCUT2D eigenvalue weighted by Crippen LogP contribution is 2.33. The molecule has 1 fully saturated rings. The van der Waals surface area contributed by atoms with E-state index in [1.54, 1.807) is 0 Å². The smallest absolute Gasteiger partial charge is 0.123 e. The Bertz CT molecular complexity index is 337. The van der Waals surface area contributed by atoms with E-state index in [-0.39, 0.29) is 0 Å². The highest BCUT2D eigenvalue weighted by molar-refractivity contribution is 5.39. The van der Waals surface area contributed by atoms with Crippen molar-refractivity contribution in [3.63, 3.8) is 0 Å². The first-order valence-electron chi connectivity index (χ1n) is 6.00. The summed E-state index contributed by atoms with van der Waals surface area (Å²) >= 11 is 0. The maximum atomic E-state index is 5.92. The lowest BCUT2D eigenvalue weighted by Gasteiger charge is -2.14. The minimum absolute atomic E-state index is 0.495. The number of benzene rings is 1. The number of aryl methyl sites for hydroxylation is 1. The molecule has 0 aliphatic heterocycles. The summed E-state index contributed by atoms with van der Waals surface area (Å²) in [5.41, 5.74) is 2.77. The van der Waals surface area contributed by atoms with Gasteiger partial charge in [-0.25, -0.2) is 0 Å². The van der Waals surface area contributed by atoms with Crippen LogP contribution in [0.25, 0.3) is 0 Å². The zero-order chi connectivity index (χ0) is 10.8. The average molecular weight is 204 g/mol. The Labute approximate surface area is 92.5 Å². The van der Waals surface area contributed by atoms with E-state index in [0.29, 0.717) is 12.0 Å². The van der Waals surface area contributed by atoms with Crippen LogP contribution in [0.15, 0.2) is 18.2 Å². The molecule has 0 unspecified atom stereocenters. The van der Waals surface area contributed by atoms with Crippen LogP contribution >= 0.6 is 0 Å². The van der Waals surface area contributed by atoms with Gasteiger partial charge in [-0.15, -0.1) is 0 Å². The second-order valence-corrected chi connectivity index (χ2v) is 4.70. The van der Waals surface area contributed by atoms with Crippen LogP contribution < -0.4 is 4.74 Å². The predicted molar refractivity (Wildman–Crippen MR) is 63.6 cm³/mol. The normalized spacial score (nSPS) is 15.7. The molecule has 1 aromatic carbocycles. The van der Waals surface area contributed by atoms with Crippen molar-refractivity contribution in [1.82, 2.24) is 0 Å². The number of hydrogen-bond donors (Lipinski definition) is 0. The molecule has 1 saturated carbocycles. The maximum Gasteiger partial charge on any atom is 0.123 e. The quantitative estimate of drug-likeness (QED) is 0.722. The molecule has 15 heavy (non-hydrogen) atoms. The second kappa shape index (κ2) is 4.26. The Morgan fingerprint density at radius 2 is 2.07 bits per heavy atom. The van der Waals surface area contributed by atoms with Gasteiger partial charge in [0.2, 0.25) is 0 Å². The van der Waals surface area contributed by atoms with Crippen LogP contribution in [0, 0.1) is 0 Å². The third-order valence-corrected chi connectivity index (χ3v) is 2.92. The highest BCUT2D eigenvalue weighted by atomic mass is 16.5. The van der Waals surface area contributed by atoms with E-state index >= 15 is 0 Å². The monoisotopic (exact) mass is 204 g/mol.